The smallest absolute Gasteiger partial charge is 0.0713 e. The van der Waals surface area contributed by atoms with E-state index in [1.54, 1.807) is 12.4 Å². The van der Waals surface area contributed by atoms with Crippen molar-refractivity contribution in [2.45, 2.75) is 57.8 Å². The molecule has 0 spiro atoms. The van der Waals surface area contributed by atoms with Crippen molar-refractivity contribution < 1.29 is 0 Å². The van der Waals surface area contributed by atoms with Gasteiger partial charge in [0.2, 0.25) is 0 Å². The minimum atomic E-state index is 0.0455. The van der Waals surface area contributed by atoms with Gasteiger partial charge in [-0.2, -0.15) is 5.26 Å². The standard InChI is InChI=1S/C15H22N2/c1-2-3-4-5-6-7-8-15(13-16)14-9-11-17-12-10-14/h9-12,15H,2-8H2,1H3. The SMILES string of the molecule is CCCCCCCCC(C#N)c1ccncc1. The minimum Gasteiger partial charge on any atom is -0.265 e. The summed E-state index contributed by atoms with van der Waals surface area (Å²) < 4.78 is 0. The molecule has 0 fully saturated rings. The van der Waals surface area contributed by atoms with Gasteiger partial charge in [-0.15, -0.1) is 0 Å². The molecule has 1 aromatic rings. The molecule has 2 heteroatoms. The molecular weight excluding hydrogens is 208 g/mol. The monoisotopic (exact) mass is 230 g/mol. The Morgan fingerprint density at radius 2 is 1.76 bits per heavy atom. The van der Waals surface area contributed by atoms with Crippen molar-refractivity contribution in [3.05, 3.63) is 30.1 Å². The van der Waals surface area contributed by atoms with Gasteiger partial charge in [0.15, 0.2) is 0 Å². The Bertz CT molecular complexity index is 327. The number of hydrogen-bond donors (Lipinski definition) is 0. The van der Waals surface area contributed by atoms with Gasteiger partial charge in [-0.1, -0.05) is 45.4 Å². The van der Waals surface area contributed by atoms with E-state index >= 15 is 0 Å². The van der Waals surface area contributed by atoms with E-state index in [0.29, 0.717) is 0 Å². The van der Waals surface area contributed by atoms with Gasteiger partial charge in [-0.05, 0) is 24.1 Å². The van der Waals surface area contributed by atoms with Gasteiger partial charge in [0.25, 0.3) is 0 Å². The van der Waals surface area contributed by atoms with Crippen LogP contribution in [0, 0.1) is 11.3 Å². The fourth-order valence-corrected chi connectivity index (χ4v) is 2.03. The van der Waals surface area contributed by atoms with Gasteiger partial charge in [-0.25, -0.2) is 0 Å². The summed E-state index contributed by atoms with van der Waals surface area (Å²) in [6.07, 6.45) is 12.2. The molecule has 17 heavy (non-hydrogen) atoms. The first-order valence-electron chi connectivity index (χ1n) is 6.68. The Kier molecular flexibility index (Phi) is 7.06. The Labute approximate surface area is 105 Å². The summed E-state index contributed by atoms with van der Waals surface area (Å²) in [4.78, 5) is 3.98. The van der Waals surface area contributed by atoms with Crippen LogP contribution in [0.25, 0.3) is 0 Å². The first-order chi connectivity index (χ1) is 8.38. The molecule has 0 aliphatic rings. The quantitative estimate of drug-likeness (QED) is 0.619. The molecule has 1 aromatic heterocycles. The van der Waals surface area contributed by atoms with Gasteiger partial charge in [0.1, 0.15) is 0 Å². The second-order valence-electron chi connectivity index (χ2n) is 4.52. The van der Waals surface area contributed by atoms with Crippen molar-refractivity contribution in [2.24, 2.45) is 0 Å². The molecule has 1 atom stereocenters. The second kappa shape index (κ2) is 8.75. The molecule has 0 aliphatic carbocycles. The molecule has 0 N–H and O–H groups in total. The zero-order valence-corrected chi connectivity index (χ0v) is 10.7. The third-order valence-electron chi connectivity index (χ3n) is 3.11. The van der Waals surface area contributed by atoms with E-state index in [0.717, 1.165) is 18.4 Å². The molecule has 1 heterocycles. The number of aromatic nitrogens is 1. The number of unbranched alkanes of at least 4 members (excludes halogenated alkanes) is 5. The summed E-state index contributed by atoms with van der Waals surface area (Å²) in [6.45, 7) is 2.23. The first-order valence-corrected chi connectivity index (χ1v) is 6.68. The summed E-state index contributed by atoms with van der Waals surface area (Å²) >= 11 is 0. The van der Waals surface area contributed by atoms with Crippen LogP contribution in [0.3, 0.4) is 0 Å². The van der Waals surface area contributed by atoms with Gasteiger partial charge in [-0.3, -0.25) is 4.98 Å². The third-order valence-corrected chi connectivity index (χ3v) is 3.11. The first kappa shape index (κ1) is 13.7. The highest BCUT2D eigenvalue weighted by Gasteiger charge is 2.09. The molecular formula is C15H22N2. The van der Waals surface area contributed by atoms with Crippen LogP contribution in [0.15, 0.2) is 24.5 Å². The zero-order chi connectivity index (χ0) is 12.3. The fraction of sp³-hybridized carbons (Fsp3) is 0.600. The highest BCUT2D eigenvalue weighted by molar-refractivity contribution is 5.21. The normalized spacial score (nSPS) is 12.0. The maximum absolute atomic E-state index is 9.15. The Hall–Kier alpha value is -1.36. The molecule has 0 saturated heterocycles. The van der Waals surface area contributed by atoms with Crippen LogP contribution in [0.2, 0.25) is 0 Å². The molecule has 1 rings (SSSR count). The lowest BCUT2D eigenvalue weighted by molar-refractivity contribution is 0.575. The Morgan fingerprint density at radius 1 is 1.12 bits per heavy atom. The number of nitrogens with zero attached hydrogens (tertiary/aromatic N) is 2. The third kappa shape index (κ3) is 5.49. The average Bonchev–Trinajstić information content (AvgIpc) is 2.39. The van der Waals surface area contributed by atoms with Gasteiger partial charge < -0.3 is 0 Å². The molecule has 0 bridgehead atoms. The van der Waals surface area contributed by atoms with E-state index in [4.69, 9.17) is 5.26 Å². The molecule has 1 unspecified atom stereocenters. The predicted octanol–water partition coefficient (Wildman–Crippen LogP) is 4.44. The van der Waals surface area contributed by atoms with E-state index in [1.807, 2.05) is 12.1 Å². The summed E-state index contributed by atoms with van der Waals surface area (Å²) in [7, 11) is 0. The van der Waals surface area contributed by atoms with Crippen molar-refractivity contribution in [3.63, 3.8) is 0 Å². The summed E-state index contributed by atoms with van der Waals surface area (Å²) in [5.41, 5.74) is 1.11. The average molecular weight is 230 g/mol. The van der Waals surface area contributed by atoms with Gasteiger partial charge in [0, 0.05) is 12.4 Å². The molecule has 92 valence electrons. The van der Waals surface area contributed by atoms with Crippen LogP contribution in [0.1, 0.15) is 63.4 Å². The summed E-state index contributed by atoms with van der Waals surface area (Å²) in [6, 6.07) is 6.29. The topological polar surface area (TPSA) is 36.7 Å². The van der Waals surface area contributed by atoms with Crippen molar-refractivity contribution in [3.8, 4) is 6.07 Å². The fourth-order valence-electron chi connectivity index (χ4n) is 2.03. The lowest BCUT2D eigenvalue weighted by atomic mass is 9.95. The van der Waals surface area contributed by atoms with E-state index in [2.05, 4.69) is 18.0 Å². The van der Waals surface area contributed by atoms with E-state index in [9.17, 15) is 0 Å². The highest BCUT2D eigenvalue weighted by Crippen LogP contribution is 2.21. The lowest BCUT2D eigenvalue weighted by Gasteiger charge is -2.08. The molecule has 0 aliphatic heterocycles. The van der Waals surface area contributed by atoms with Crippen molar-refractivity contribution in [1.29, 1.82) is 5.26 Å². The van der Waals surface area contributed by atoms with Crippen LogP contribution in [0.5, 0.6) is 0 Å². The van der Waals surface area contributed by atoms with Crippen LogP contribution in [0.4, 0.5) is 0 Å². The summed E-state index contributed by atoms with van der Waals surface area (Å²) in [5.74, 6) is 0.0455. The zero-order valence-electron chi connectivity index (χ0n) is 10.7. The molecule has 2 nitrogen and oxygen atoms in total. The number of hydrogen-bond acceptors (Lipinski definition) is 2. The molecule has 0 radical (unpaired) electrons. The van der Waals surface area contributed by atoms with Crippen molar-refractivity contribution >= 4 is 0 Å². The lowest BCUT2D eigenvalue weighted by Crippen LogP contribution is -1.96. The summed E-state index contributed by atoms with van der Waals surface area (Å²) in [5, 5.41) is 9.15. The van der Waals surface area contributed by atoms with Crippen LogP contribution in [-0.2, 0) is 0 Å². The van der Waals surface area contributed by atoms with E-state index in [1.165, 1.54) is 32.1 Å². The minimum absolute atomic E-state index is 0.0455. The Balaban J connectivity index is 2.23. The number of pyridine rings is 1. The Morgan fingerprint density at radius 3 is 2.41 bits per heavy atom. The molecule has 0 saturated carbocycles. The van der Waals surface area contributed by atoms with E-state index < -0.39 is 0 Å². The van der Waals surface area contributed by atoms with Crippen molar-refractivity contribution in [2.75, 3.05) is 0 Å². The predicted molar refractivity (Wildman–Crippen MR) is 70.6 cm³/mol. The van der Waals surface area contributed by atoms with E-state index in [-0.39, 0.29) is 5.92 Å². The number of nitriles is 1. The van der Waals surface area contributed by atoms with Crippen LogP contribution < -0.4 is 0 Å². The van der Waals surface area contributed by atoms with Crippen LogP contribution in [-0.4, -0.2) is 4.98 Å². The van der Waals surface area contributed by atoms with Gasteiger partial charge >= 0.3 is 0 Å². The van der Waals surface area contributed by atoms with Crippen molar-refractivity contribution in [1.82, 2.24) is 4.98 Å². The highest BCUT2D eigenvalue weighted by atomic mass is 14.6. The molecule has 0 amide bonds. The molecule has 0 aromatic carbocycles. The van der Waals surface area contributed by atoms with Crippen LogP contribution >= 0.6 is 0 Å². The largest absolute Gasteiger partial charge is 0.265 e. The second-order valence-corrected chi connectivity index (χ2v) is 4.52. The number of rotatable bonds is 8. The maximum atomic E-state index is 9.15. The maximum Gasteiger partial charge on any atom is 0.0713 e. The van der Waals surface area contributed by atoms with Gasteiger partial charge in [0.05, 0.1) is 12.0 Å².